The Kier molecular flexibility index (Phi) is 4.99. The van der Waals surface area contributed by atoms with E-state index in [0.717, 1.165) is 42.5 Å². The minimum absolute atomic E-state index is 0.115. The minimum atomic E-state index is -0.289. The molecule has 0 bridgehead atoms. The average Bonchev–Trinajstić information content (AvgIpc) is 2.95. The molecule has 0 unspecified atom stereocenters. The van der Waals surface area contributed by atoms with E-state index >= 15 is 0 Å². The van der Waals surface area contributed by atoms with E-state index in [2.05, 4.69) is 10.6 Å². The van der Waals surface area contributed by atoms with Crippen LogP contribution >= 0.6 is 0 Å². The Morgan fingerprint density at radius 1 is 1.29 bits per heavy atom. The number of carbonyl (C=O) groups is 1. The number of amides is 1. The molecular formula is C17H21N3O. The fraction of sp³-hybridized carbons (Fsp3) is 0.412. The summed E-state index contributed by atoms with van der Waals surface area (Å²) in [6.07, 6.45) is 5.82. The highest BCUT2D eigenvalue weighted by Crippen LogP contribution is 2.20. The van der Waals surface area contributed by atoms with Crippen LogP contribution in [0, 0.1) is 25.2 Å². The van der Waals surface area contributed by atoms with Crippen LogP contribution in [-0.2, 0) is 4.79 Å². The van der Waals surface area contributed by atoms with Crippen LogP contribution in [-0.4, -0.2) is 11.9 Å². The summed E-state index contributed by atoms with van der Waals surface area (Å²) < 4.78 is 0. The fourth-order valence-electron chi connectivity index (χ4n) is 2.67. The second-order valence-electron chi connectivity index (χ2n) is 5.54. The summed E-state index contributed by atoms with van der Waals surface area (Å²) in [6.45, 7) is 3.99. The van der Waals surface area contributed by atoms with Gasteiger partial charge in [0.1, 0.15) is 11.6 Å². The molecule has 4 nitrogen and oxygen atoms in total. The first-order valence-corrected chi connectivity index (χ1v) is 7.35. The molecule has 0 atom stereocenters. The Hall–Kier alpha value is -2.28. The van der Waals surface area contributed by atoms with Crippen LogP contribution in [0.3, 0.4) is 0 Å². The van der Waals surface area contributed by atoms with Crippen molar-refractivity contribution in [1.82, 2.24) is 5.32 Å². The molecule has 0 aromatic heterocycles. The van der Waals surface area contributed by atoms with Crippen molar-refractivity contribution in [3.05, 3.63) is 41.1 Å². The molecule has 2 rings (SSSR count). The van der Waals surface area contributed by atoms with Crippen LogP contribution in [0.1, 0.15) is 36.8 Å². The first-order chi connectivity index (χ1) is 10.1. The van der Waals surface area contributed by atoms with E-state index in [1.54, 1.807) is 0 Å². The minimum Gasteiger partial charge on any atom is -0.360 e. The van der Waals surface area contributed by atoms with Crippen molar-refractivity contribution in [2.24, 2.45) is 0 Å². The summed E-state index contributed by atoms with van der Waals surface area (Å²) >= 11 is 0. The lowest BCUT2D eigenvalue weighted by atomic mass is 10.1. The molecule has 110 valence electrons. The van der Waals surface area contributed by atoms with Crippen LogP contribution in [0.2, 0.25) is 0 Å². The second kappa shape index (κ2) is 6.94. The molecule has 1 saturated carbocycles. The number of carbonyl (C=O) groups excluding carboxylic acids is 1. The van der Waals surface area contributed by atoms with Crippen LogP contribution < -0.4 is 10.6 Å². The molecule has 0 radical (unpaired) electrons. The predicted octanol–water partition coefficient (Wildman–Crippen LogP) is 3.18. The largest absolute Gasteiger partial charge is 0.360 e. The second-order valence-corrected chi connectivity index (χ2v) is 5.54. The van der Waals surface area contributed by atoms with Gasteiger partial charge in [0.05, 0.1) is 0 Å². The van der Waals surface area contributed by atoms with Gasteiger partial charge in [-0.25, -0.2) is 0 Å². The van der Waals surface area contributed by atoms with Crippen molar-refractivity contribution in [1.29, 1.82) is 5.26 Å². The lowest BCUT2D eigenvalue weighted by molar-refractivity contribution is -0.117. The Labute approximate surface area is 125 Å². The number of nitrogens with zero attached hydrogens (tertiary/aromatic N) is 1. The third kappa shape index (κ3) is 3.85. The summed E-state index contributed by atoms with van der Waals surface area (Å²) in [7, 11) is 0. The topological polar surface area (TPSA) is 64.9 Å². The number of rotatable bonds is 4. The van der Waals surface area contributed by atoms with Crippen LogP contribution in [0.4, 0.5) is 5.69 Å². The molecule has 1 aliphatic rings. The molecule has 1 fully saturated rings. The highest BCUT2D eigenvalue weighted by molar-refractivity contribution is 5.97. The van der Waals surface area contributed by atoms with Crippen molar-refractivity contribution < 1.29 is 4.79 Å². The number of benzene rings is 1. The highest BCUT2D eigenvalue weighted by Gasteiger charge is 2.19. The molecule has 0 aliphatic heterocycles. The number of aryl methyl sites for hydroxylation is 2. The quantitative estimate of drug-likeness (QED) is 0.659. The van der Waals surface area contributed by atoms with Gasteiger partial charge in [-0.3, -0.25) is 4.79 Å². The summed E-state index contributed by atoms with van der Waals surface area (Å²) in [5, 5.41) is 15.2. The number of anilines is 1. The van der Waals surface area contributed by atoms with E-state index in [0.29, 0.717) is 0 Å². The van der Waals surface area contributed by atoms with Gasteiger partial charge in [-0.05, 0) is 37.8 Å². The number of nitrogens with one attached hydrogen (secondary N) is 2. The lowest BCUT2D eigenvalue weighted by Gasteiger charge is -2.12. The number of hydrogen-bond acceptors (Lipinski definition) is 3. The fourth-order valence-corrected chi connectivity index (χ4v) is 2.67. The lowest BCUT2D eigenvalue weighted by Crippen LogP contribution is -2.33. The first-order valence-electron chi connectivity index (χ1n) is 7.35. The zero-order valence-electron chi connectivity index (χ0n) is 12.6. The van der Waals surface area contributed by atoms with Gasteiger partial charge in [0.25, 0.3) is 5.91 Å². The van der Waals surface area contributed by atoms with Crippen molar-refractivity contribution in [2.75, 3.05) is 5.32 Å². The molecule has 1 aromatic carbocycles. The molecule has 2 N–H and O–H groups in total. The van der Waals surface area contributed by atoms with Crippen LogP contribution in [0.15, 0.2) is 30.0 Å². The Morgan fingerprint density at radius 2 is 1.90 bits per heavy atom. The van der Waals surface area contributed by atoms with E-state index in [9.17, 15) is 4.79 Å². The van der Waals surface area contributed by atoms with E-state index in [1.165, 1.54) is 6.20 Å². The van der Waals surface area contributed by atoms with Gasteiger partial charge in [0.15, 0.2) is 0 Å². The monoisotopic (exact) mass is 283 g/mol. The molecule has 21 heavy (non-hydrogen) atoms. The standard InChI is InChI=1S/C17H21N3O/c1-12-6-5-7-13(2)16(12)19-11-14(10-18)17(21)20-15-8-3-4-9-15/h5-7,11,15,19H,3-4,8-9H2,1-2H3,(H,20,21)/b14-11-. The van der Waals surface area contributed by atoms with Crippen molar-refractivity contribution in [3.63, 3.8) is 0 Å². The molecule has 1 amide bonds. The van der Waals surface area contributed by atoms with Crippen LogP contribution in [0.5, 0.6) is 0 Å². The van der Waals surface area contributed by atoms with Gasteiger partial charge in [-0.2, -0.15) is 5.26 Å². The van der Waals surface area contributed by atoms with Crippen molar-refractivity contribution >= 4 is 11.6 Å². The van der Waals surface area contributed by atoms with E-state index in [4.69, 9.17) is 5.26 Å². The zero-order chi connectivity index (χ0) is 15.2. The molecule has 0 heterocycles. The summed E-state index contributed by atoms with van der Waals surface area (Å²) in [6, 6.07) is 8.16. The van der Waals surface area contributed by atoms with Gasteiger partial charge in [-0.1, -0.05) is 31.0 Å². The first kappa shape index (κ1) is 15.1. The van der Waals surface area contributed by atoms with E-state index < -0.39 is 0 Å². The molecule has 0 spiro atoms. The maximum atomic E-state index is 12.1. The van der Waals surface area contributed by atoms with Gasteiger partial charge in [0, 0.05) is 17.9 Å². The zero-order valence-corrected chi connectivity index (χ0v) is 12.6. The van der Waals surface area contributed by atoms with Crippen molar-refractivity contribution in [3.8, 4) is 6.07 Å². The highest BCUT2D eigenvalue weighted by atomic mass is 16.1. The Bertz CT molecular complexity index is 572. The maximum Gasteiger partial charge on any atom is 0.263 e. The normalized spacial score (nSPS) is 15.6. The SMILES string of the molecule is Cc1cccc(C)c1N/C=C(/C#N)C(=O)NC1CCCC1. The molecule has 1 aromatic rings. The Balaban J connectivity index is 2.06. The third-order valence-corrected chi connectivity index (χ3v) is 3.90. The van der Waals surface area contributed by atoms with Crippen LogP contribution in [0.25, 0.3) is 0 Å². The number of hydrogen-bond donors (Lipinski definition) is 2. The molecule has 4 heteroatoms. The predicted molar refractivity (Wildman–Crippen MR) is 83.6 cm³/mol. The summed E-state index contributed by atoms with van der Waals surface area (Å²) in [5.74, 6) is -0.289. The molecular weight excluding hydrogens is 262 g/mol. The number of nitriles is 1. The van der Waals surface area contributed by atoms with Gasteiger partial charge < -0.3 is 10.6 Å². The molecule has 0 saturated heterocycles. The third-order valence-electron chi connectivity index (χ3n) is 3.90. The average molecular weight is 283 g/mol. The maximum absolute atomic E-state index is 12.1. The summed E-state index contributed by atoms with van der Waals surface area (Å²) in [4.78, 5) is 12.1. The van der Waals surface area contributed by atoms with Gasteiger partial charge >= 0.3 is 0 Å². The van der Waals surface area contributed by atoms with Gasteiger partial charge in [0.2, 0.25) is 0 Å². The Morgan fingerprint density at radius 3 is 2.48 bits per heavy atom. The van der Waals surface area contributed by atoms with Crippen molar-refractivity contribution in [2.45, 2.75) is 45.6 Å². The van der Waals surface area contributed by atoms with E-state index in [1.807, 2.05) is 38.1 Å². The summed E-state index contributed by atoms with van der Waals surface area (Å²) in [5.41, 5.74) is 3.22. The van der Waals surface area contributed by atoms with E-state index in [-0.39, 0.29) is 17.5 Å². The number of para-hydroxylation sites is 1. The molecule has 1 aliphatic carbocycles. The smallest absolute Gasteiger partial charge is 0.263 e. The van der Waals surface area contributed by atoms with Gasteiger partial charge in [-0.15, -0.1) is 0 Å².